The van der Waals surface area contributed by atoms with Gasteiger partial charge in [-0.25, -0.2) is 4.98 Å². The number of nitrogens with one attached hydrogen (secondary N) is 1. The van der Waals surface area contributed by atoms with Gasteiger partial charge in [0.05, 0.1) is 17.1 Å². The van der Waals surface area contributed by atoms with Gasteiger partial charge in [-0.2, -0.15) is 5.10 Å². The first-order valence-corrected chi connectivity index (χ1v) is 12.2. The summed E-state index contributed by atoms with van der Waals surface area (Å²) < 4.78 is 7.61. The Labute approximate surface area is 187 Å². The highest BCUT2D eigenvalue weighted by atomic mass is 16.5. The van der Waals surface area contributed by atoms with Gasteiger partial charge in [0.15, 0.2) is 0 Å². The van der Waals surface area contributed by atoms with Crippen molar-refractivity contribution in [2.75, 3.05) is 0 Å². The first-order valence-electron chi connectivity index (χ1n) is 12.2. The van der Waals surface area contributed by atoms with Gasteiger partial charge in [0.1, 0.15) is 5.69 Å². The van der Waals surface area contributed by atoms with E-state index in [9.17, 15) is 4.79 Å². The molecule has 0 aliphatic heterocycles. The van der Waals surface area contributed by atoms with Crippen molar-refractivity contribution in [2.24, 2.45) is 17.8 Å². The molecule has 7 nitrogen and oxygen atoms in total. The molecule has 0 spiro atoms. The number of aromatic nitrogens is 4. The van der Waals surface area contributed by atoms with Crippen LogP contribution in [-0.2, 0) is 6.54 Å². The summed E-state index contributed by atoms with van der Waals surface area (Å²) in [5.74, 6) is 2.60. The third kappa shape index (κ3) is 3.16. The van der Waals surface area contributed by atoms with Gasteiger partial charge in [-0.1, -0.05) is 11.6 Å². The first kappa shape index (κ1) is 19.9. The zero-order valence-corrected chi connectivity index (χ0v) is 19.1. The predicted octanol–water partition coefficient (Wildman–Crippen LogP) is 4.85. The monoisotopic (exact) mass is 433 g/mol. The van der Waals surface area contributed by atoms with E-state index in [2.05, 4.69) is 29.4 Å². The van der Waals surface area contributed by atoms with Crippen LogP contribution in [0.2, 0.25) is 0 Å². The topological polar surface area (TPSA) is 85.8 Å². The second-order valence-electron chi connectivity index (χ2n) is 10.1. The number of pyridine rings is 1. The quantitative estimate of drug-likeness (QED) is 0.601. The Balaban J connectivity index is 1.39. The Morgan fingerprint density at radius 2 is 2.12 bits per heavy atom. The minimum Gasteiger partial charge on any atom is -0.349 e. The van der Waals surface area contributed by atoms with Gasteiger partial charge in [-0.15, -0.1) is 0 Å². The number of fused-ring (bicyclic) bond motifs is 3. The van der Waals surface area contributed by atoms with Crippen molar-refractivity contribution in [2.45, 2.75) is 77.8 Å². The molecule has 3 aromatic heterocycles. The summed E-state index contributed by atoms with van der Waals surface area (Å²) in [5, 5.41) is 12.9. The first-order chi connectivity index (χ1) is 15.5. The number of amides is 1. The molecule has 1 N–H and O–H groups in total. The molecule has 3 aliphatic carbocycles. The molecule has 4 atom stereocenters. The molecule has 6 rings (SSSR count). The fraction of sp³-hybridized carbons (Fsp3) is 0.600. The molecule has 0 aromatic carbocycles. The standard InChI is InChI=1S/C25H31N5O2/c1-4-30-14(3)20(12-26-30)23-22-19(11-21(16-7-8-16)28-25(22)32-29-23)24(31)27-13(2)18-10-15-5-6-17(18)9-15/h11-13,15-18H,4-10H2,1-3H3,(H,27,31)/t13-,15+,17+,18+/m0/s1. The lowest BCUT2D eigenvalue weighted by Crippen LogP contribution is -2.40. The van der Waals surface area contributed by atoms with E-state index in [1.165, 1.54) is 25.7 Å². The maximum atomic E-state index is 13.6. The molecule has 7 heteroatoms. The van der Waals surface area contributed by atoms with Crippen LogP contribution in [0.4, 0.5) is 0 Å². The third-order valence-electron chi connectivity index (χ3n) is 8.16. The Morgan fingerprint density at radius 1 is 1.28 bits per heavy atom. The molecule has 3 fully saturated rings. The van der Waals surface area contributed by atoms with Crippen LogP contribution in [0.25, 0.3) is 22.4 Å². The molecule has 3 heterocycles. The molecule has 0 saturated heterocycles. The van der Waals surface area contributed by atoms with Crippen LogP contribution in [0.15, 0.2) is 16.8 Å². The summed E-state index contributed by atoms with van der Waals surface area (Å²) in [7, 11) is 0. The van der Waals surface area contributed by atoms with Crippen LogP contribution < -0.4 is 5.32 Å². The zero-order chi connectivity index (χ0) is 22.0. The molecular formula is C25H31N5O2. The SMILES string of the molecule is CCn1ncc(-c2noc3nc(C4CC4)cc(C(=O)N[C@@H](C)[C@H]4C[C@@H]5CC[C@@H]4C5)c23)c1C. The largest absolute Gasteiger partial charge is 0.349 e. The van der Waals surface area contributed by atoms with Crippen LogP contribution in [0.3, 0.4) is 0 Å². The number of rotatable bonds is 6. The van der Waals surface area contributed by atoms with Crippen LogP contribution in [-0.4, -0.2) is 31.9 Å². The second-order valence-corrected chi connectivity index (χ2v) is 10.1. The van der Waals surface area contributed by atoms with Crippen molar-refractivity contribution < 1.29 is 9.32 Å². The normalized spacial score (nSPS) is 25.5. The summed E-state index contributed by atoms with van der Waals surface area (Å²) in [5.41, 5.74) is 4.58. The average Bonchev–Trinajstić information content (AvgIpc) is 3.12. The number of hydrogen-bond donors (Lipinski definition) is 1. The summed E-state index contributed by atoms with van der Waals surface area (Å²) in [4.78, 5) is 18.4. The molecular weight excluding hydrogens is 402 g/mol. The van der Waals surface area contributed by atoms with Crippen molar-refractivity contribution in [3.63, 3.8) is 0 Å². The lowest BCUT2D eigenvalue weighted by atomic mass is 9.84. The minimum absolute atomic E-state index is 0.0421. The van der Waals surface area contributed by atoms with Crippen LogP contribution in [0.5, 0.6) is 0 Å². The molecule has 168 valence electrons. The Morgan fingerprint density at radius 3 is 2.78 bits per heavy atom. The van der Waals surface area contributed by atoms with Crippen molar-refractivity contribution >= 4 is 17.0 Å². The maximum absolute atomic E-state index is 13.6. The third-order valence-corrected chi connectivity index (χ3v) is 8.16. The Hall–Kier alpha value is -2.70. The molecule has 0 unspecified atom stereocenters. The van der Waals surface area contributed by atoms with Gasteiger partial charge < -0.3 is 9.84 Å². The van der Waals surface area contributed by atoms with E-state index in [4.69, 9.17) is 9.51 Å². The Kier molecular flexibility index (Phi) is 4.63. The van der Waals surface area contributed by atoms with Crippen LogP contribution in [0.1, 0.15) is 80.0 Å². The van der Waals surface area contributed by atoms with E-state index in [1.54, 1.807) is 0 Å². The molecule has 32 heavy (non-hydrogen) atoms. The lowest BCUT2D eigenvalue weighted by molar-refractivity contribution is 0.0916. The van der Waals surface area contributed by atoms with E-state index < -0.39 is 0 Å². The predicted molar refractivity (Wildman–Crippen MR) is 121 cm³/mol. The molecule has 3 saturated carbocycles. The summed E-state index contributed by atoms with van der Waals surface area (Å²) in [6.45, 7) is 7.03. The Bertz CT molecular complexity index is 1190. The van der Waals surface area contributed by atoms with Crippen molar-refractivity contribution in [1.82, 2.24) is 25.2 Å². The van der Waals surface area contributed by atoms with E-state index in [0.717, 1.165) is 48.2 Å². The van der Waals surface area contributed by atoms with Gasteiger partial charge in [0.25, 0.3) is 11.6 Å². The molecule has 3 aliphatic rings. The van der Waals surface area contributed by atoms with Crippen LogP contribution >= 0.6 is 0 Å². The van der Waals surface area contributed by atoms with Crippen molar-refractivity contribution in [3.8, 4) is 11.3 Å². The molecule has 0 radical (unpaired) electrons. The number of nitrogens with zero attached hydrogens (tertiary/aromatic N) is 4. The molecule has 2 bridgehead atoms. The number of carbonyl (C=O) groups excluding carboxylic acids is 1. The van der Waals surface area contributed by atoms with Gasteiger partial charge >= 0.3 is 0 Å². The smallest absolute Gasteiger partial charge is 0.259 e. The molecule has 1 amide bonds. The summed E-state index contributed by atoms with van der Waals surface area (Å²) >= 11 is 0. The fourth-order valence-electron chi connectivity index (χ4n) is 6.22. The summed E-state index contributed by atoms with van der Waals surface area (Å²) in [6, 6.07) is 2.14. The van der Waals surface area contributed by atoms with Crippen molar-refractivity contribution in [1.29, 1.82) is 0 Å². The van der Waals surface area contributed by atoms with Gasteiger partial charge in [-0.3, -0.25) is 9.48 Å². The van der Waals surface area contributed by atoms with E-state index >= 15 is 0 Å². The number of hydrogen-bond acceptors (Lipinski definition) is 5. The van der Waals surface area contributed by atoms with Crippen molar-refractivity contribution in [3.05, 3.63) is 29.2 Å². The fourth-order valence-corrected chi connectivity index (χ4v) is 6.22. The zero-order valence-electron chi connectivity index (χ0n) is 19.1. The number of carbonyl (C=O) groups is 1. The van der Waals surface area contributed by atoms with E-state index in [0.29, 0.717) is 34.2 Å². The van der Waals surface area contributed by atoms with Crippen LogP contribution in [0, 0.1) is 24.7 Å². The minimum atomic E-state index is -0.0421. The van der Waals surface area contributed by atoms with Gasteiger partial charge in [0.2, 0.25) is 0 Å². The maximum Gasteiger partial charge on any atom is 0.259 e. The van der Waals surface area contributed by atoms with Gasteiger partial charge in [-0.05, 0) is 76.7 Å². The highest BCUT2D eigenvalue weighted by Gasteiger charge is 2.42. The lowest BCUT2D eigenvalue weighted by Gasteiger charge is -2.28. The van der Waals surface area contributed by atoms with E-state index in [-0.39, 0.29) is 11.9 Å². The van der Waals surface area contributed by atoms with Gasteiger partial charge in [0, 0.05) is 35.5 Å². The average molecular weight is 434 g/mol. The molecule has 3 aromatic rings. The summed E-state index contributed by atoms with van der Waals surface area (Å²) in [6.07, 6.45) is 9.31. The second kappa shape index (κ2) is 7.42. The highest BCUT2D eigenvalue weighted by molar-refractivity contribution is 6.09. The highest BCUT2D eigenvalue weighted by Crippen LogP contribution is 2.49. The van der Waals surface area contributed by atoms with E-state index in [1.807, 2.05) is 23.9 Å². The number of aryl methyl sites for hydroxylation is 1.